The van der Waals surface area contributed by atoms with Gasteiger partial charge < -0.3 is 14.8 Å². The van der Waals surface area contributed by atoms with Gasteiger partial charge in [-0.25, -0.2) is 0 Å². The van der Waals surface area contributed by atoms with Crippen LogP contribution in [0.1, 0.15) is 18.4 Å². The van der Waals surface area contributed by atoms with Crippen molar-refractivity contribution in [1.82, 2.24) is 0 Å². The van der Waals surface area contributed by atoms with Crippen LogP contribution in [-0.2, 0) is 4.79 Å². The van der Waals surface area contributed by atoms with Crippen LogP contribution in [0.15, 0.2) is 73.3 Å². The van der Waals surface area contributed by atoms with Gasteiger partial charge >= 0.3 is 0 Å². The molecule has 4 nitrogen and oxygen atoms in total. The summed E-state index contributed by atoms with van der Waals surface area (Å²) < 4.78 is 10.7. The number of benzene rings is 3. The topological polar surface area (TPSA) is 47.6 Å². The first-order valence-electron chi connectivity index (χ1n) is 8.83. The first kappa shape index (κ1) is 18.5. The lowest BCUT2D eigenvalue weighted by atomic mass is 9.97. The molecule has 0 aliphatic rings. The number of carbonyl (C=O) groups excluding carboxylic acids is 1. The Kier molecular flexibility index (Phi) is 5.77. The van der Waals surface area contributed by atoms with Gasteiger partial charge in [0.1, 0.15) is 18.1 Å². The van der Waals surface area contributed by atoms with Crippen molar-refractivity contribution in [3.05, 3.63) is 78.9 Å². The van der Waals surface area contributed by atoms with Crippen molar-refractivity contribution in [2.75, 3.05) is 19.0 Å². The molecule has 3 aromatic carbocycles. The van der Waals surface area contributed by atoms with E-state index in [9.17, 15) is 4.79 Å². The molecule has 1 amide bonds. The molecule has 0 unspecified atom stereocenters. The van der Waals surface area contributed by atoms with Crippen LogP contribution in [-0.4, -0.2) is 19.6 Å². The van der Waals surface area contributed by atoms with Crippen LogP contribution in [0.5, 0.6) is 11.5 Å². The van der Waals surface area contributed by atoms with Crippen molar-refractivity contribution in [2.24, 2.45) is 0 Å². The van der Waals surface area contributed by atoms with Crippen LogP contribution in [0.2, 0.25) is 0 Å². The number of anilines is 1. The molecule has 0 heterocycles. The van der Waals surface area contributed by atoms with Gasteiger partial charge in [0, 0.05) is 5.69 Å². The van der Waals surface area contributed by atoms with Crippen LogP contribution in [0.25, 0.3) is 10.8 Å². The molecule has 138 valence electrons. The Morgan fingerprint density at radius 2 is 1.70 bits per heavy atom. The number of amides is 1. The summed E-state index contributed by atoms with van der Waals surface area (Å²) in [6.07, 6.45) is 1.69. The molecular formula is C23H23NO3. The van der Waals surface area contributed by atoms with E-state index in [-0.39, 0.29) is 11.8 Å². The van der Waals surface area contributed by atoms with Crippen LogP contribution in [0.3, 0.4) is 0 Å². The van der Waals surface area contributed by atoms with E-state index in [0.29, 0.717) is 6.61 Å². The van der Waals surface area contributed by atoms with E-state index in [1.807, 2.05) is 67.6 Å². The fourth-order valence-corrected chi connectivity index (χ4v) is 2.83. The minimum absolute atomic E-state index is 0.0531. The lowest BCUT2D eigenvalue weighted by molar-refractivity contribution is -0.117. The second-order valence-electron chi connectivity index (χ2n) is 6.31. The van der Waals surface area contributed by atoms with Crippen molar-refractivity contribution in [3.8, 4) is 11.5 Å². The summed E-state index contributed by atoms with van der Waals surface area (Å²) in [5.74, 6) is 1.24. The summed E-state index contributed by atoms with van der Waals surface area (Å²) in [7, 11) is 1.65. The molecule has 0 saturated heterocycles. The SMILES string of the molecule is C=CCOc1ccc(NC(=O)[C@@H](C)c2ccc3cc(OC)ccc3c2)cc1. The molecule has 1 N–H and O–H groups in total. The predicted octanol–water partition coefficient (Wildman–Crippen LogP) is 5.16. The van der Waals surface area contributed by atoms with Gasteiger partial charge in [0.25, 0.3) is 0 Å². The zero-order chi connectivity index (χ0) is 19.2. The van der Waals surface area contributed by atoms with E-state index in [2.05, 4.69) is 11.9 Å². The van der Waals surface area contributed by atoms with Crippen molar-refractivity contribution < 1.29 is 14.3 Å². The molecule has 27 heavy (non-hydrogen) atoms. The molecule has 0 aliphatic heterocycles. The summed E-state index contributed by atoms with van der Waals surface area (Å²) in [4.78, 5) is 12.6. The van der Waals surface area contributed by atoms with Crippen LogP contribution in [0.4, 0.5) is 5.69 Å². The number of rotatable bonds is 7. The van der Waals surface area contributed by atoms with Crippen molar-refractivity contribution in [2.45, 2.75) is 12.8 Å². The van der Waals surface area contributed by atoms with Gasteiger partial charge in [-0.1, -0.05) is 36.9 Å². The van der Waals surface area contributed by atoms with Gasteiger partial charge in [-0.15, -0.1) is 0 Å². The normalized spacial score (nSPS) is 11.6. The summed E-state index contributed by atoms with van der Waals surface area (Å²) in [6, 6.07) is 19.3. The Labute approximate surface area is 159 Å². The quantitative estimate of drug-likeness (QED) is 0.592. The highest BCUT2D eigenvalue weighted by atomic mass is 16.5. The molecule has 3 aromatic rings. The Balaban J connectivity index is 1.71. The Bertz CT molecular complexity index is 947. The maximum atomic E-state index is 12.6. The molecule has 0 bridgehead atoms. The third kappa shape index (κ3) is 4.47. The molecule has 0 saturated carbocycles. The average Bonchev–Trinajstić information content (AvgIpc) is 2.71. The Morgan fingerprint density at radius 1 is 1.04 bits per heavy atom. The van der Waals surface area contributed by atoms with E-state index < -0.39 is 0 Å². The maximum absolute atomic E-state index is 12.6. The smallest absolute Gasteiger partial charge is 0.231 e. The van der Waals surface area contributed by atoms with E-state index in [1.54, 1.807) is 13.2 Å². The molecule has 0 radical (unpaired) electrons. The highest BCUT2D eigenvalue weighted by molar-refractivity contribution is 5.96. The van der Waals surface area contributed by atoms with Gasteiger partial charge in [-0.3, -0.25) is 4.79 Å². The lowest BCUT2D eigenvalue weighted by Crippen LogP contribution is -2.18. The predicted molar refractivity (Wildman–Crippen MR) is 110 cm³/mol. The maximum Gasteiger partial charge on any atom is 0.231 e. The second-order valence-corrected chi connectivity index (χ2v) is 6.31. The third-order valence-electron chi connectivity index (χ3n) is 4.45. The molecule has 0 aromatic heterocycles. The Hall–Kier alpha value is -3.27. The van der Waals surface area contributed by atoms with Gasteiger partial charge in [-0.2, -0.15) is 0 Å². The third-order valence-corrected chi connectivity index (χ3v) is 4.45. The molecule has 3 rings (SSSR count). The molecule has 0 spiro atoms. The fourth-order valence-electron chi connectivity index (χ4n) is 2.83. The van der Waals surface area contributed by atoms with E-state index in [0.717, 1.165) is 33.5 Å². The summed E-state index contributed by atoms with van der Waals surface area (Å²) in [5, 5.41) is 5.12. The highest BCUT2D eigenvalue weighted by Gasteiger charge is 2.16. The van der Waals surface area contributed by atoms with Gasteiger partial charge in [-0.05, 0) is 59.7 Å². The van der Waals surface area contributed by atoms with Crippen LogP contribution >= 0.6 is 0 Å². The molecule has 0 aliphatic carbocycles. The summed E-state index contributed by atoms with van der Waals surface area (Å²) in [5.41, 5.74) is 1.71. The first-order valence-corrected chi connectivity index (χ1v) is 8.83. The van der Waals surface area contributed by atoms with Crippen molar-refractivity contribution in [3.63, 3.8) is 0 Å². The number of ether oxygens (including phenoxy) is 2. The molecular weight excluding hydrogens is 338 g/mol. The monoisotopic (exact) mass is 361 g/mol. The van der Waals surface area contributed by atoms with Crippen molar-refractivity contribution >= 4 is 22.4 Å². The van der Waals surface area contributed by atoms with Gasteiger partial charge in [0.05, 0.1) is 13.0 Å². The van der Waals surface area contributed by atoms with Crippen molar-refractivity contribution in [1.29, 1.82) is 0 Å². The van der Waals surface area contributed by atoms with E-state index in [1.165, 1.54) is 0 Å². The van der Waals surface area contributed by atoms with E-state index >= 15 is 0 Å². The summed E-state index contributed by atoms with van der Waals surface area (Å²) >= 11 is 0. The number of hydrogen-bond donors (Lipinski definition) is 1. The molecule has 4 heteroatoms. The van der Waals surface area contributed by atoms with Gasteiger partial charge in [0.2, 0.25) is 5.91 Å². The van der Waals surface area contributed by atoms with E-state index in [4.69, 9.17) is 9.47 Å². The second kappa shape index (κ2) is 8.41. The lowest BCUT2D eigenvalue weighted by Gasteiger charge is -2.14. The number of fused-ring (bicyclic) bond motifs is 1. The highest BCUT2D eigenvalue weighted by Crippen LogP contribution is 2.26. The largest absolute Gasteiger partial charge is 0.497 e. The first-order chi connectivity index (χ1) is 13.1. The molecule has 0 fully saturated rings. The Morgan fingerprint density at radius 3 is 2.41 bits per heavy atom. The minimum atomic E-state index is -0.270. The fraction of sp³-hybridized carbons (Fsp3) is 0.174. The average molecular weight is 361 g/mol. The standard InChI is InChI=1S/C23H23NO3/c1-4-13-27-21-11-8-20(9-12-21)24-23(25)16(2)17-5-6-19-15-22(26-3)10-7-18(19)14-17/h4-12,14-16H,1,13H2,2-3H3,(H,24,25)/t16-/m0/s1. The number of carbonyl (C=O) groups is 1. The van der Waals surface area contributed by atoms with Crippen LogP contribution in [0, 0.1) is 0 Å². The van der Waals surface area contributed by atoms with Crippen LogP contribution < -0.4 is 14.8 Å². The summed E-state index contributed by atoms with van der Waals surface area (Å²) in [6.45, 7) is 5.98. The number of nitrogens with one attached hydrogen (secondary N) is 1. The minimum Gasteiger partial charge on any atom is -0.497 e. The number of methoxy groups -OCH3 is 1. The zero-order valence-corrected chi connectivity index (χ0v) is 15.6. The van der Waals surface area contributed by atoms with Gasteiger partial charge in [0.15, 0.2) is 0 Å². The zero-order valence-electron chi connectivity index (χ0n) is 15.6. The molecule has 1 atom stereocenters. The number of hydrogen-bond acceptors (Lipinski definition) is 3.